The van der Waals surface area contributed by atoms with E-state index in [1.54, 1.807) is 0 Å². The molecule has 0 radical (unpaired) electrons. The van der Waals surface area contributed by atoms with Crippen molar-refractivity contribution < 1.29 is 4.74 Å². The fraction of sp³-hybridized carbons (Fsp3) is 0.647. The highest BCUT2D eigenvalue weighted by atomic mass is 79.9. The van der Waals surface area contributed by atoms with Gasteiger partial charge in [0, 0.05) is 35.8 Å². The fourth-order valence-corrected chi connectivity index (χ4v) is 3.58. The summed E-state index contributed by atoms with van der Waals surface area (Å²) >= 11 is 3.73. The highest BCUT2D eigenvalue weighted by Crippen LogP contribution is 2.30. The molecule has 3 nitrogen and oxygen atoms in total. The van der Waals surface area contributed by atoms with E-state index in [9.17, 15) is 0 Å². The van der Waals surface area contributed by atoms with E-state index in [0.29, 0.717) is 0 Å². The predicted octanol–water partition coefficient (Wildman–Crippen LogP) is 3.70. The van der Waals surface area contributed by atoms with E-state index in [2.05, 4.69) is 65.1 Å². The topological polar surface area (TPSA) is 24.5 Å². The number of rotatable bonds is 4. The zero-order valence-corrected chi connectivity index (χ0v) is 14.7. The van der Waals surface area contributed by atoms with Gasteiger partial charge in [-0.05, 0) is 51.3 Å². The predicted molar refractivity (Wildman–Crippen MR) is 90.8 cm³/mol. The van der Waals surface area contributed by atoms with E-state index < -0.39 is 0 Å². The summed E-state index contributed by atoms with van der Waals surface area (Å²) < 4.78 is 7.19. The molecule has 116 valence electrons. The van der Waals surface area contributed by atoms with Gasteiger partial charge >= 0.3 is 0 Å². The van der Waals surface area contributed by atoms with E-state index in [1.807, 2.05) is 0 Å². The maximum atomic E-state index is 5.99. The Morgan fingerprint density at radius 3 is 2.76 bits per heavy atom. The number of ether oxygens (including phenoxy) is 1. The molecule has 2 aliphatic rings. The van der Waals surface area contributed by atoms with Crippen molar-refractivity contribution in [3.8, 4) is 0 Å². The maximum Gasteiger partial charge on any atom is 0.0805 e. The van der Waals surface area contributed by atoms with Crippen LogP contribution in [0.25, 0.3) is 0 Å². The smallest absolute Gasteiger partial charge is 0.0805 e. The van der Waals surface area contributed by atoms with Gasteiger partial charge in [-0.25, -0.2) is 0 Å². The lowest BCUT2D eigenvalue weighted by atomic mass is 10.0. The lowest BCUT2D eigenvalue weighted by Crippen LogP contribution is -2.52. The molecular formula is C17H25BrN2O. The lowest BCUT2D eigenvalue weighted by Gasteiger charge is -2.43. The first kappa shape index (κ1) is 15.3. The van der Waals surface area contributed by atoms with Crippen LogP contribution < -0.4 is 10.2 Å². The van der Waals surface area contributed by atoms with Crippen LogP contribution in [0.4, 0.5) is 5.69 Å². The molecule has 1 aromatic carbocycles. The van der Waals surface area contributed by atoms with Crippen molar-refractivity contribution >= 4 is 21.6 Å². The number of morpholine rings is 1. The number of nitrogens with zero attached hydrogens (tertiary/aromatic N) is 1. The Hall–Kier alpha value is -0.580. The van der Waals surface area contributed by atoms with Gasteiger partial charge in [0.25, 0.3) is 0 Å². The third-order valence-corrected chi connectivity index (χ3v) is 4.87. The normalized spacial score (nSPS) is 25.1. The van der Waals surface area contributed by atoms with Gasteiger partial charge in [-0.2, -0.15) is 0 Å². The zero-order valence-electron chi connectivity index (χ0n) is 13.2. The summed E-state index contributed by atoms with van der Waals surface area (Å²) in [6, 6.07) is 7.47. The van der Waals surface area contributed by atoms with Crippen LogP contribution in [0.3, 0.4) is 0 Å². The Balaban J connectivity index is 1.71. The van der Waals surface area contributed by atoms with Crippen LogP contribution >= 0.6 is 15.9 Å². The highest BCUT2D eigenvalue weighted by Gasteiger charge is 2.31. The van der Waals surface area contributed by atoms with Crippen molar-refractivity contribution in [2.75, 3.05) is 18.0 Å². The number of hydrogen-bond donors (Lipinski definition) is 1. The van der Waals surface area contributed by atoms with Gasteiger partial charge in [0.05, 0.1) is 11.7 Å². The van der Waals surface area contributed by atoms with Crippen LogP contribution in [0.5, 0.6) is 0 Å². The molecule has 3 rings (SSSR count). The summed E-state index contributed by atoms with van der Waals surface area (Å²) in [5.74, 6) is 0. The van der Waals surface area contributed by atoms with Gasteiger partial charge in [0.1, 0.15) is 0 Å². The molecule has 21 heavy (non-hydrogen) atoms. The van der Waals surface area contributed by atoms with Gasteiger partial charge in [0.15, 0.2) is 0 Å². The maximum absolute atomic E-state index is 5.99. The second kappa shape index (κ2) is 5.90. The Kier molecular flexibility index (Phi) is 4.30. The summed E-state index contributed by atoms with van der Waals surface area (Å²) in [4.78, 5) is 2.43. The molecular weight excluding hydrogens is 328 g/mol. The van der Waals surface area contributed by atoms with Crippen molar-refractivity contribution in [2.24, 2.45) is 0 Å². The second-order valence-corrected chi connectivity index (χ2v) is 7.85. The first-order valence-corrected chi connectivity index (χ1v) is 8.67. The summed E-state index contributed by atoms with van der Waals surface area (Å²) in [6.45, 7) is 9.32. The van der Waals surface area contributed by atoms with Crippen molar-refractivity contribution in [3.05, 3.63) is 28.2 Å². The Morgan fingerprint density at radius 2 is 2.14 bits per heavy atom. The molecule has 1 unspecified atom stereocenters. The average Bonchev–Trinajstić information content (AvgIpc) is 3.19. The van der Waals surface area contributed by atoms with Crippen LogP contribution in [0, 0.1) is 0 Å². The van der Waals surface area contributed by atoms with Crippen LogP contribution in [0.2, 0.25) is 0 Å². The second-order valence-electron chi connectivity index (χ2n) is 7.00. The molecule has 0 bridgehead atoms. The van der Waals surface area contributed by atoms with Crippen LogP contribution in [-0.4, -0.2) is 30.8 Å². The number of nitrogens with one attached hydrogen (secondary N) is 1. The minimum Gasteiger partial charge on any atom is -0.369 e. The molecule has 1 aliphatic carbocycles. The molecule has 1 saturated carbocycles. The molecule has 2 fully saturated rings. The van der Waals surface area contributed by atoms with Gasteiger partial charge in [-0.1, -0.05) is 22.0 Å². The third kappa shape index (κ3) is 3.99. The molecule has 1 saturated heterocycles. The minimum absolute atomic E-state index is 0.0870. The molecule has 0 spiro atoms. The third-order valence-electron chi connectivity index (χ3n) is 4.13. The fourth-order valence-electron chi connectivity index (χ4n) is 3.07. The summed E-state index contributed by atoms with van der Waals surface area (Å²) in [5.41, 5.74) is 2.53. The summed E-state index contributed by atoms with van der Waals surface area (Å²) in [5, 5.41) is 3.57. The largest absolute Gasteiger partial charge is 0.369 e. The molecule has 1 N–H and O–H groups in total. The van der Waals surface area contributed by atoms with Gasteiger partial charge in [-0.3, -0.25) is 0 Å². The molecule has 1 atom stereocenters. The molecule has 0 amide bonds. The van der Waals surface area contributed by atoms with Crippen LogP contribution in [0.1, 0.15) is 39.2 Å². The quantitative estimate of drug-likeness (QED) is 0.893. The summed E-state index contributed by atoms with van der Waals surface area (Å²) in [7, 11) is 0. The van der Waals surface area contributed by atoms with Gasteiger partial charge in [0.2, 0.25) is 0 Å². The Morgan fingerprint density at radius 1 is 1.38 bits per heavy atom. The lowest BCUT2D eigenvalue weighted by molar-refractivity contribution is -0.0749. The van der Waals surface area contributed by atoms with E-state index in [4.69, 9.17) is 4.74 Å². The molecule has 1 aliphatic heterocycles. The molecule has 1 aromatic rings. The number of halogens is 1. The standard InChI is InChI=1S/C17H25BrN2O/c1-12-10-20(11-17(2,3)21-12)15-7-4-13(16(18)8-15)9-19-14-5-6-14/h4,7-8,12,14,19H,5-6,9-11H2,1-3H3. The van der Waals surface area contributed by atoms with Crippen molar-refractivity contribution in [2.45, 2.75) is 57.9 Å². The SMILES string of the molecule is CC1CN(c2ccc(CNC3CC3)c(Br)c2)CC(C)(C)O1. The number of benzene rings is 1. The Bertz CT molecular complexity index is 514. The molecule has 1 heterocycles. The molecule has 0 aromatic heterocycles. The van der Waals surface area contributed by atoms with E-state index in [0.717, 1.165) is 25.7 Å². The molecule has 4 heteroatoms. The first-order valence-electron chi connectivity index (χ1n) is 7.87. The minimum atomic E-state index is -0.0870. The van der Waals surface area contributed by atoms with E-state index in [-0.39, 0.29) is 11.7 Å². The van der Waals surface area contributed by atoms with Crippen molar-refractivity contribution in [3.63, 3.8) is 0 Å². The number of hydrogen-bond acceptors (Lipinski definition) is 3. The average molecular weight is 353 g/mol. The van der Waals surface area contributed by atoms with Crippen LogP contribution in [0.15, 0.2) is 22.7 Å². The van der Waals surface area contributed by atoms with Gasteiger partial charge < -0.3 is 15.0 Å². The van der Waals surface area contributed by atoms with Crippen molar-refractivity contribution in [1.82, 2.24) is 5.32 Å². The zero-order chi connectivity index (χ0) is 15.0. The Labute approximate surface area is 136 Å². The number of anilines is 1. The summed E-state index contributed by atoms with van der Waals surface area (Å²) in [6.07, 6.45) is 2.93. The highest BCUT2D eigenvalue weighted by molar-refractivity contribution is 9.10. The van der Waals surface area contributed by atoms with Crippen molar-refractivity contribution in [1.29, 1.82) is 0 Å². The van der Waals surface area contributed by atoms with Gasteiger partial charge in [-0.15, -0.1) is 0 Å². The first-order chi connectivity index (χ1) is 9.93. The van der Waals surface area contributed by atoms with Crippen LogP contribution in [-0.2, 0) is 11.3 Å². The monoisotopic (exact) mass is 352 g/mol. The van der Waals surface area contributed by atoms with E-state index >= 15 is 0 Å². The van der Waals surface area contributed by atoms with E-state index in [1.165, 1.54) is 28.6 Å².